The first-order chi connectivity index (χ1) is 6.56. The van der Waals surface area contributed by atoms with Crippen LogP contribution in [0.3, 0.4) is 0 Å². The first-order valence-electron chi connectivity index (χ1n) is 4.57. The Kier molecular flexibility index (Phi) is 3.57. The fourth-order valence-corrected chi connectivity index (χ4v) is 1.41. The molecule has 1 unspecified atom stereocenters. The minimum absolute atomic E-state index is 0.291. The van der Waals surface area contributed by atoms with E-state index in [1.807, 2.05) is 0 Å². The van der Waals surface area contributed by atoms with Crippen LogP contribution >= 0.6 is 0 Å². The van der Waals surface area contributed by atoms with Crippen LogP contribution in [0.4, 0.5) is 8.78 Å². The van der Waals surface area contributed by atoms with Crippen molar-refractivity contribution in [3.63, 3.8) is 0 Å². The van der Waals surface area contributed by atoms with Crippen molar-refractivity contribution < 1.29 is 8.78 Å². The summed E-state index contributed by atoms with van der Waals surface area (Å²) in [5, 5.41) is 2.65. The number of nitrogens with two attached hydrogens (primary N) is 1. The molecule has 0 aromatic rings. The molecule has 1 atom stereocenters. The van der Waals surface area contributed by atoms with Gasteiger partial charge >= 0.3 is 0 Å². The van der Waals surface area contributed by atoms with Gasteiger partial charge in [0.05, 0.1) is 6.54 Å². The highest BCUT2D eigenvalue weighted by molar-refractivity contribution is 5.92. The van der Waals surface area contributed by atoms with E-state index in [4.69, 9.17) is 5.73 Å². The van der Waals surface area contributed by atoms with Gasteiger partial charge in [-0.3, -0.25) is 4.99 Å². The third-order valence-electron chi connectivity index (χ3n) is 2.14. The Bertz CT molecular complexity index is 248. The van der Waals surface area contributed by atoms with Crippen LogP contribution in [-0.4, -0.2) is 30.8 Å². The summed E-state index contributed by atoms with van der Waals surface area (Å²) in [5.41, 5.74) is 5.68. The molecule has 1 aliphatic heterocycles. The van der Waals surface area contributed by atoms with Crippen LogP contribution in [0.1, 0.15) is 13.3 Å². The van der Waals surface area contributed by atoms with Crippen LogP contribution in [-0.2, 0) is 0 Å². The molecule has 0 saturated carbocycles. The second kappa shape index (κ2) is 4.50. The smallest absolute Gasteiger partial charge is 0.282 e. The Morgan fingerprint density at radius 1 is 1.64 bits per heavy atom. The number of alkyl halides is 2. The molecule has 5 heteroatoms. The number of piperidine rings is 1. The lowest BCUT2D eigenvalue weighted by Gasteiger charge is -2.29. The fraction of sp³-hybridized carbons (Fsp3) is 0.667. The highest BCUT2D eigenvalue weighted by Crippen LogP contribution is 2.26. The Labute approximate surface area is 82.1 Å². The second-order valence-electron chi connectivity index (χ2n) is 3.37. The SMILES string of the molecule is CC(/C=C\N)=NC1CCNCC1(F)F. The highest BCUT2D eigenvalue weighted by Gasteiger charge is 2.41. The number of rotatable bonds is 2. The molecule has 1 saturated heterocycles. The van der Waals surface area contributed by atoms with Gasteiger partial charge in [-0.15, -0.1) is 0 Å². The van der Waals surface area contributed by atoms with E-state index >= 15 is 0 Å². The zero-order valence-electron chi connectivity index (χ0n) is 8.13. The number of nitrogens with zero attached hydrogens (tertiary/aromatic N) is 1. The summed E-state index contributed by atoms with van der Waals surface area (Å²) in [6.45, 7) is 1.96. The van der Waals surface area contributed by atoms with Crippen molar-refractivity contribution in [3.05, 3.63) is 12.3 Å². The predicted octanol–water partition coefficient (Wildman–Crippen LogP) is 0.917. The number of allylic oxidation sites excluding steroid dienone is 1. The van der Waals surface area contributed by atoms with E-state index in [0.717, 1.165) is 0 Å². The van der Waals surface area contributed by atoms with Gasteiger partial charge in [-0.05, 0) is 32.2 Å². The zero-order valence-corrected chi connectivity index (χ0v) is 8.13. The van der Waals surface area contributed by atoms with Crippen molar-refractivity contribution in [1.82, 2.24) is 5.32 Å². The maximum absolute atomic E-state index is 13.2. The molecular weight excluding hydrogens is 188 g/mol. The Morgan fingerprint density at radius 2 is 2.36 bits per heavy atom. The van der Waals surface area contributed by atoms with Gasteiger partial charge in [0.25, 0.3) is 5.92 Å². The third-order valence-corrected chi connectivity index (χ3v) is 2.14. The van der Waals surface area contributed by atoms with E-state index in [-0.39, 0.29) is 6.54 Å². The van der Waals surface area contributed by atoms with E-state index in [2.05, 4.69) is 10.3 Å². The lowest BCUT2D eigenvalue weighted by Crippen LogP contribution is -2.48. The van der Waals surface area contributed by atoms with Crippen LogP contribution in [0.5, 0.6) is 0 Å². The summed E-state index contributed by atoms with van der Waals surface area (Å²) in [5.74, 6) is -2.75. The number of hydrogen-bond donors (Lipinski definition) is 2. The molecule has 0 aliphatic carbocycles. The molecule has 0 amide bonds. The summed E-state index contributed by atoms with van der Waals surface area (Å²) in [6, 6.07) is -0.917. The van der Waals surface area contributed by atoms with Crippen molar-refractivity contribution in [3.8, 4) is 0 Å². The van der Waals surface area contributed by atoms with Crippen LogP contribution in [0.2, 0.25) is 0 Å². The Hall–Kier alpha value is -0.970. The normalized spacial score (nSPS) is 28.2. The quantitative estimate of drug-likeness (QED) is 0.655. The summed E-state index contributed by atoms with van der Waals surface area (Å²) in [6.07, 6.45) is 3.19. The minimum atomic E-state index is -2.75. The number of nitrogens with one attached hydrogen (secondary N) is 1. The van der Waals surface area contributed by atoms with Crippen molar-refractivity contribution in [2.75, 3.05) is 13.1 Å². The van der Waals surface area contributed by atoms with E-state index in [1.165, 1.54) is 12.3 Å². The number of hydrogen-bond acceptors (Lipinski definition) is 3. The Morgan fingerprint density at radius 3 is 2.93 bits per heavy atom. The number of halogens is 2. The molecule has 3 N–H and O–H groups in total. The molecule has 0 radical (unpaired) electrons. The molecular formula is C9H15F2N3. The lowest BCUT2D eigenvalue weighted by atomic mass is 10.0. The number of aliphatic imine (C=N–C) groups is 1. The Balaban J connectivity index is 2.70. The van der Waals surface area contributed by atoms with Gasteiger partial charge in [0.1, 0.15) is 6.04 Å². The molecule has 3 nitrogen and oxygen atoms in total. The van der Waals surface area contributed by atoms with E-state index in [1.54, 1.807) is 6.92 Å². The molecule has 0 aromatic carbocycles. The summed E-state index contributed by atoms with van der Waals surface area (Å²) < 4.78 is 26.5. The molecule has 80 valence electrons. The topological polar surface area (TPSA) is 50.4 Å². The van der Waals surface area contributed by atoms with Gasteiger partial charge < -0.3 is 11.1 Å². The van der Waals surface area contributed by atoms with E-state index < -0.39 is 12.0 Å². The van der Waals surface area contributed by atoms with Gasteiger partial charge in [0.2, 0.25) is 0 Å². The van der Waals surface area contributed by atoms with Gasteiger partial charge in [0, 0.05) is 5.71 Å². The van der Waals surface area contributed by atoms with Crippen molar-refractivity contribution >= 4 is 5.71 Å². The first-order valence-corrected chi connectivity index (χ1v) is 4.57. The largest absolute Gasteiger partial charge is 0.405 e. The van der Waals surface area contributed by atoms with E-state index in [9.17, 15) is 8.78 Å². The van der Waals surface area contributed by atoms with Crippen LogP contribution in [0.15, 0.2) is 17.3 Å². The molecule has 14 heavy (non-hydrogen) atoms. The monoisotopic (exact) mass is 203 g/mol. The van der Waals surface area contributed by atoms with Gasteiger partial charge in [-0.1, -0.05) is 0 Å². The summed E-state index contributed by atoms with van der Waals surface area (Å²) in [4.78, 5) is 3.94. The third kappa shape index (κ3) is 2.77. The van der Waals surface area contributed by atoms with Crippen molar-refractivity contribution in [2.45, 2.75) is 25.3 Å². The lowest BCUT2D eigenvalue weighted by molar-refractivity contribution is -0.0379. The summed E-state index contributed by atoms with van der Waals surface area (Å²) >= 11 is 0. The zero-order chi connectivity index (χ0) is 10.6. The van der Waals surface area contributed by atoms with Gasteiger partial charge in [-0.2, -0.15) is 0 Å². The molecule has 0 bridgehead atoms. The molecule has 0 aromatic heterocycles. The molecule has 0 spiro atoms. The van der Waals surface area contributed by atoms with Crippen molar-refractivity contribution in [2.24, 2.45) is 10.7 Å². The maximum atomic E-state index is 13.2. The van der Waals surface area contributed by atoms with Gasteiger partial charge in [0.15, 0.2) is 0 Å². The second-order valence-corrected chi connectivity index (χ2v) is 3.37. The van der Waals surface area contributed by atoms with Crippen LogP contribution in [0, 0.1) is 0 Å². The average Bonchev–Trinajstić information content (AvgIpc) is 2.09. The molecule has 1 aliphatic rings. The van der Waals surface area contributed by atoms with Crippen LogP contribution in [0.25, 0.3) is 0 Å². The highest BCUT2D eigenvalue weighted by atomic mass is 19.3. The molecule has 1 rings (SSSR count). The van der Waals surface area contributed by atoms with E-state index in [0.29, 0.717) is 18.7 Å². The molecule has 1 heterocycles. The standard InChI is InChI=1S/C9H15F2N3/c1-7(2-4-12)14-8-3-5-13-6-9(8,10)11/h2,4,8,13H,3,5-6,12H2,1H3/b4-2-,14-7?. The summed E-state index contributed by atoms with van der Waals surface area (Å²) in [7, 11) is 0. The maximum Gasteiger partial charge on any atom is 0.282 e. The van der Waals surface area contributed by atoms with Gasteiger partial charge in [-0.25, -0.2) is 8.78 Å². The fourth-order valence-electron chi connectivity index (χ4n) is 1.41. The molecule has 1 fully saturated rings. The van der Waals surface area contributed by atoms with Crippen molar-refractivity contribution in [1.29, 1.82) is 0 Å². The predicted molar refractivity (Wildman–Crippen MR) is 52.7 cm³/mol. The van der Waals surface area contributed by atoms with Crippen LogP contribution < -0.4 is 11.1 Å². The average molecular weight is 203 g/mol. The first kappa shape index (κ1) is 11.1. The minimum Gasteiger partial charge on any atom is -0.405 e.